The Bertz CT molecular complexity index is 692. The molecule has 1 aliphatic carbocycles. The van der Waals surface area contributed by atoms with E-state index in [0.717, 1.165) is 25.7 Å². The van der Waals surface area contributed by atoms with Gasteiger partial charge in [0.1, 0.15) is 0 Å². The summed E-state index contributed by atoms with van der Waals surface area (Å²) in [5.74, 6) is -1.21. The van der Waals surface area contributed by atoms with Crippen molar-refractivity contribution in [3.63, 3.8) is 0 Å². The summed E-state index contributed by atoms with van der Waals surface area (Å²) in [7, 11) is 1.17. The number of nitrogens with one attached hydrogen (secondary N) is 2. The van der Waals surface area contributed by atoms with Crippen LogP contribution in [-0.2, 0) is 19.1 Å². The van der Waals surface area contributed by atoms with Crippen molar-refractivity contribution in [3.8, 4) is 0 Å². The maximum absolute atomic E-state index is 11.8. The van der Waals surface area contributed by atoms with Crippen LogP contribution in [0.3, 0.4) is 0 Å². The van der Waals surface area contributed by atoms with Crippen LogP contribution in [0, 0.1) is 0 Å². The van der Waals surface area contributed by atoms with Gasteiger partial charge in [-0.1, -0.05) is 0 Å². The second-order valence-electron chi connectivity index (χ2n) is 7.72. The molecule has 0 aliphatic heterocycles. The number of methoxy groups -OCH3 is 1. The first-order valence-electron chi connectivity index (χ1n) is 9.28. The third-order valence-corrected chi connectivity index (χ3v) is 7.23. The monoisotopic (exact) mass is 503 g/mol. The Hall–Kier alpha value is -1.84. The van der Waals surface area contributed by atoms with Gasteiger partial charge in [0.25, 0.3) is 0 Å². The van der Waals surface area contributed by atoms with Crippen molar-refractivity contribution in [2.45, 2.75) is 61.9 Å². The number of rotatable bonds is 4. The molecule has 2 N–H and O–H groups in total. The summed E-state index contributed by atoms with van der Waals surface area (Å²) >= 11 is -0.420. The standard InChI is InChI=1S/C20H28IN2O5/c1-20(2,3)28-19(26)23-21-15-9-5-13(6-10-15)14-7-11-16(12-8-14)22-17(24)18(25)27-4/h7-8,11-13,15H,5-6,9-10H2,1-4H3,(H,22,24)(H,23,26)/q-1. The zero-order chi connectivity index (χ0) is 20.7. The fourth-order valence-corrected chi connectivity index (χ4v) is 5.17. The van der Waals surface area contributed by atoms with E-state index in [4.69, 9.17) is 4.74 Å². The van der Waals surface area contributed by atoms with Crippen LogP contribution in [0.15, 0.2) is 24.3 Å². The number of esters is 1. The number of ether oxygens (including phenoxy) is 2. The molecule has 0 bridgehead atoms. The third kappa shape index (κ3) is 7.29. The van der Waals surface area contributed by atoms with E-state index in [-0.39, 0.29) is 6.09 Å². The zero-order valence-corrected chi connectivity index (χ0v) is 18.9. The van der Waals surface area contributed by atoms with E-state index in [2.05, 4.69) is 13.6 Å². The Kier molecular flexibility index (Phi) is 8.09. The predicted octanol–water partition coefficient (Wildman–Crippen LogP) is 0.353. The second-order valence-corrected chi connectivity index (χ2v) is 10.6. The van der Waals surface area contributed by atoms with Gasteiger partial charge in [-0.3, -0.25) is 0 Å². The van der Waals surface area contributed by atoms with Gasteiger partial charge in [0, 0.05) is 0 Å². The van der Waals surface area contributed by atoms with E-state index in [1.807, 2.05) is 32.9 Å². The Morgan fingerprint density at radius 3 is 2.18 bits per heavy atom. The summed E-state index contributed by atoms with van der Waals surface area (Å²) in [5, 5.41) is 2.51. The molecule has 1 fully saturated rings. The Labute approximate surface area is 176 Å². The van der Waals surface area contributed by atoms with Crippen molar-refractivity contribution >= 4 is 23.7 Å². The van der Waals surface area contributed by atoms with Crippen molar-refractivity contribution in [2.24, 2.45) is 0 Å². The molecular formula is C20H28IN2O5-. The molecule has 156 valence electrons. The number of halogens is 1. The van der Waals surface area contributed by atoms with Gasteiger partial charge in [-0.2, -0.15) is 0 Å². The summed E-state index contributed by atoms with van der Waals surface area (Å²) in [6, 6.07) is 7.59. The van der Waals surface area contributed by atoms with Crippen LogP contribution in [0.2, 0.25) is 0 Å². The Morgan fingerprint density at radius 1 is 1.04 bits per heavy atom. The van der Waals surface area contributed by atoms with E-state index in [1.54, 1.807) is 12.1 Å². The SMILES string of the molecule is COC(=O)C(=O)Nc1ccc(C2CCC([I-]NC(=O)OC(C)(C)C)CC2)cc1. The van der Waals surface area contributed by atoms with Gasteiger partial charge in [-0.05, 0) is 0 Å². The van der Waals surface area contributed by atoms with E-state index < -0.39 is 39.0 Å². The van der Waals surface area contributed by atoms with Gasteiger partial charge in [0.2, 0.25) is 0 Å². The third-order valence-electron chi connectivity index (χ3n) is 4.35. The minimum absolute atomic E-state index is 0.313. The van der Waals surface area contributed by atoms with Gasteiger partial charge >= 0.3 is 170 Å². The Morgan fingerprint density at radius 2 is 1.64 bits per heavy atom. The first-order chi connectivity index (χ1) is 13.2. The van der Waals surface area contributed by atoms with Crippen molar-refractivity contribution in [1.82, 2.24) is 3.53 Å². The summed E-state index contributed by atoms with van der Waals surface area (Å²) in [6.07, 6.45) is 4.03. The van der Waals surface area contributed by atoms with E-state index in [0.29, 0.717) is 15.5 Å². The number of hydrogen-bond acceptors (Lipinski definition) is 5. The molecule has 28 heavy (non-hydrogen) atoms. The van der Waals surface area contributed by atoms with Crippen molar-refractivity contribution in [3.05, 3.63) is 29.8 Å². The van der Waals surface area contributed by atoms with Gasteiger partial charge in [0.15, 0.2) is 0 Å². The molecule has 1 aromatic rings. The summed E-state index contributed by atoms with van der Waals surface area (Å²) < 4.78 is 13.2. The molecule has 0 spiro atoms. The molecule has 2 amide bonds. The number of amides is 2. The van der Waals surface area contributed by atoms with E-state index in [1.165, 1.54) is 12.7 Å². The first kappa shape index (κ1) is 22.4. The number of anilines is 1. The number of carbonyl (C=O) groups excluding carboxylic acids is 3. The number of benzene rings is 1. The molecule has 0 heterocycles. The second kappa shape index (κ2) is 10.1. The summed E-state index contributed by atoms with van der Waals surface area (Å²) in [5.41, 5.74) is 1.33. The molecule has 0 aromatic heterocycles. The fourth-order valence-electron chi connectivity index (χ4n) is 3.03. The zero-order valence-electron chi connectivity index (χ0n) is 16.7. The molecule has 0 radical (unpaired) electrons. The summed E-state index contributed by atoms with van der Waals surface area (Å²) in [4.78, 5) is 34.5. The van der Waals surface area contributed by atoms with E-state index in [9.17, 15) is 14.4 Å². The van der Waals surface area contributed by atoms with Crippen molar-refractivity contribution < 1.29 is 45.3 Å². The molecule has 1 aromatic carbocycles. The van der Waals surface area contributed by atoms with Crippen LogP contribution in [0.5, 0.6) is 0 Å². The topological polar surface area (TPSA) is 93.7 Å². The fraction of sp³-hybridized carbons (Fsp3) is 0.550. The van der Waals surface area contributed by atoms with Crippen LogP contribution in [-0.4, -0.2) is 34.6 Å². The first-order valence-corrected chi connectivity index (χ1v) is 11.6. The van der Waals surface area contributed by atoms with Crippen LogP contribution < -0.4 is 30.3 Å². The Balaban J connectivity index is 1.77. The van der Waals surface area contributed by atoms with E-state index >= 15 is 0 Å². The minimum atomic E-state index is -0.911. The van der Waals surface area contributed by atoms with Crippen LogP contribution in [0.1, 0.15) is 57.9 Å². The average molecular weight is 503 g/mol. The molecule has 7 nitrogen and oxygen atoms in total. The molecule has 1 saturated carbocycles. The number of carbonyl (C=O) groups is 3. The molecule has 2 rings (SSSR count). The molecule has 0 unspecified atom stereocenters. The summed E-state index contributed by atoms with van der Waals surface area (Å²) in [6.45, 7) is 5.59. The average Bonchev–Trinajstić information content (AvgIpc) is 2.65. The number of alkyl halides is 1. The molecule has 0 atom stereocenters. The van der Waals surface area contributed by atoms with Gasteiger partial charge < -0.3 is 0 Å². The van der Waals surface area contributed by atoms with Crippen LogP contribution in [0.25, 0.3) is 0 Å². The van der Waals surface area contributed by atoms with Crippen LogP contribution >= 0.6 is 0 Å². The van der Waals surface area contributed by atoms with Crippen molar-refractivity contribution in [1.29, 1.82) is 0 Å². The quantitative estimate of drug-likeness (QED) is 0.204. The normalized spacial score (nSPS) is 19.6. The number of hydrogen-bond donors (Lipinski definition) is 2. The van der Waals surface area contributed by atoms with Gasteiger partial charge in [-0.15, -0.1) is 0 Å². The van der Waals surface area contributed by atoms with Crippen LogP contribution in [0.4, 0.5) is 10.5 Å². The molecule has 1 aliphatic rings. The van der Waals surface area contributed by atoms with Gasteiger partial charge in [-0.25, -0.2) is 0 Å². The molecule has 8 heteroatoms. The molecule has 0 saturated heterocycles. The van der Waals surface area contributed by atoms with Crippen molar-refractivity contribution in [2.75, 3.05) is 12.4 Å². The maximum atomic E-state index is 11.8. The molecular weight excluding hydrogens is 475 g/mol. The predicted molar refractivity (Wildman–Crippen MR) is 101 cm³/mol. The van der Waals surface area contributed by atoms with Gasteiger partial charge in [0.05, 0.1) is 7.11 Å².